The largest absolute Gasteiger partial charge is 0.337 e. The van der Waals surface area contributed by atoms with Crippen LogP contribution in [0.5, 0.6) is 0 Å². The molecule has 2 rings (SSSR count). The van der Waals surface area contributed by atoms with Crippen molar-refractivity contribution in [2.24, 2.45) is 0 Å². The third-order valence-electron chi connectivity index (χ3n) is 2.97. The van der Waals surface area contributed by atoms with Crippen LogP contribution in [-0.4, -0.2) is 37.0 Å². The maximum absolute atomic E-state index is 12.2. The zero-order valence-corrected chi connectivity index (χ0v) is 12.6. The van der Waals surface area contributed by atoms with E-state index in [1.807, 2.05) is 36.2 Å². The van der Waals surface area contributed by atoms with E-state index in [0.29, 0.717) is 6.04 Å². The number of benzene rings is 1. The van der Waals surface area contributed by atoms with Crippen molar-refractivity contribution in [1.29, 1.82) is 0 Å². The maximum Gasteiger partial charge on any atom is 0.253 e. The van der Waals surface area contributed by atoms with E-state index in [1.54, 1.807) is 0 Å². The number of likely N-dealkylation sites (N-methyl/N-ethyl adjacent to an activating group) is 1. The molecule has 1 atom stereocenters. The summed E-state index contributed by atoms with van der Waals surface area (Å²) in [6, 6.07) is 8.07. The molecule has 1 aromatic carbocycles. The molecule has 0 aromatic heterocycles. The predicted octanol–water partition coefficient (Wildman–Crippen LogP) is 2.15. The molecule has 1 N–H and O–H groups in total. The van der Waals surface area contributed by atoms with Gasteiger partial charge in [0.05, 0.1) is 0 Å². The highest BCUT2D eigenvalue weighted by Crippen LogP contribution is 2.13. The minimum Gasteiger partial charge on any atom is -0.337 e. The number of rotatable bonds is 2. The SMILES string of the molecule is CN(C(=O)c1cccc(I)c1)[C@@H]1CCNC1.Cl. The van der Waals surface area contributed by atoms with Crippen LogP contribution in [0.1, 0.15) is 16.8 Å². The molecule has 1 aromatic rings. The van der Waals surface area contributed by atoms with Gasteiger partial charge in [0, 0.05) is 28.8 Å². The molecular weight excluding hydrogens is 351 g/mol. The van der Waals surface area contributed by atoms with Crippen molar-refractivity contribution in [3.05, 3.63) is 33.4 Å². The fraction of sp³-hybridized carbons (Fsp3) is 0.417. The van der Waals surface area contributed by atoms with Crippen LogP contribution in [0.4, 0.5) is 0 Å². The van der Waals surface area contributed by atoms with E-state index >= 15 is 0 Å². The smallest absolute Gasteiger partial charge is 0.253 e. The van der Waals surface area contributed by atoms with Crippen molar-refractivity contribution in [3.63, 3.8) is 0 Å². The van der Waals surface area contributed by atoms with Crippen molar-refractivity contribution in [1.82, 2.24) is 10.2 Å². The molecule has 0 saturated carbocycles. The first-order chi connectivity index (χ1) is 7.68. The zero-order chi connectivity index (χ0) is 11.5. The zero-order valence-electron chi connectivity index (χ0n) is 9.65. The summed E-state index contributed by atoms with van der Waals surface area (Å²) in [5.74, 6) is 0.118. The highest BCUT2D eigenvalue weighted by atomic mass is 127. The summed E-state index contributed by atoms with van der Waals surface area (Å²) in [5, 5.41) is 3.28. The molecule has 0 spiro atoms. The second-order valence-corrected chi connectivity index (χ2v) is 5.32. The average molecular weight is 367 g/mol. The molecule has 1 heterocycles. The second-order valence-electron chi connectivity index (χ2n) is 4.07. The number of carbonyl (C=O) groups is 1. The molecular formula is C12H16ClIN2O. The van der Waals surface area contributed by atoms with Crippen LogP contribution < -0.4 is 5.32 Å². The van der Waals surface area contributed by atoms with E-state index in [1.165, 1.54) is 0 Å². The monoisotopic (exact) mass is 366 g/mol. The van der Waals surface area contributed by atoms with Gasteiger partial charge >= 0.3 is 0 Å². The van der Waals surface area contributed by atoms with Gasteiger partial charge in [-0.3, -0.25) is 4.79 Å². The molecule has 0 radical (unpaired) electrons. The highest BCUT2D eigenvalue weighted by molar-refractivity contribution is 14.1. The van der Waals surface area contributed by atoms with Crippen LogP contribution in [0.25, 0.3) is 0 Å². The molecule has 5 heteroatoms. The Morgan fingerprint density at radius 2 is 2.29 bits per heavy atom. The number of carbonyl (C=O) groups excluding carboxylic acids is 1. The summed E-state index contributed by atoms with van der Waals surface area (Å²) in [5.41, 5.74) is 0.779. The van der Waals surface area contributed by atoms with Crippen molar-refractivity contribution in [3.8, 4) is 0 Å². The van der Waals surface area contributed by atoms with E-state index in [-0.39, 0.29) is 18.3 Å². The molecule has 3 nitrogen and oxygen atoms in total. The molecule has 1 amide bonds. The summed E-state index contributed by atoms with van der Waals surface area (Å²) >= 11 is 2.23. The lowest BCUT2D eigenvalue weighted by Gasteiger charge is -2.23. The second kappa shape index (κ2) is 6.56. The number of halogens is 2. The Morgan fingerprint density at radius 3 is 2.88 bits per heavy atom. The van der Waals surface area contributed by atoms with Crippen LogP contribution in [0.15, 0.2) is 24.3 Å². The van der Waals surface area contributed by atoms with E-state index in [0.717, 1.165) is 28.6 Å². The van der Waals surface area contributed by atoms with Gasteiger partial charge in [0.2, 0.25) is 0 Å². The van der Waals surface area contributed by atoms with Gasteiger partial charge in [-0.25, -0.2) is 0 Å². The summed E-state index contributed by atoms with van der Waals surface area (Å²) < 4.78 is 1.10. The van der Waals surface area contributed by atoms with Gasteiger partial charge < -0.3 is 10.2 Å². The van der Waals surface area contributed by atoms with Gasteiger partial charge in [0.25, 0.3) is 5.91 Å². The highest BCUT2D eigenvalue weighted by Gasteiger charge is 2.23. The fourth-order valence-electron chi connectivity index (χ4n) is 1.96. The van der Waals surface area contributed by atoms with Crippen LogP contribution in [-0.2, 0) is 0 Å². The fourth-order valence-corrected chi connectivity index (χ4v) is 2.50. The first kappa shape index (κ1) is 14.7. The Morgan fingerprint density at radius 1 is 1.53 bits per heavy atom. The van der Waals surface area contributed by atoms with Crippen molar-refractivity contribution in [2.75, 3.05) is 20.1 Å². The van der Waals surface area contributed by atoms with Crippen molar-refractivity contribution in [2.45, 2.75) is 12.5 Å². The van der Waals surface area contributed by atoms with Gasteiger partial charge in [0.15, 0.2) is 0 Å². The van der Waals surface area contributed by atoms with Crippen molar-refractivity contribution < 1.29 is 4.79 Å². The third kappa shape index (κ3) is 3.56. The van der Waals surface area contributed by atoms with Crippen LogP contribution in [0, 0.1) is 3.57 Å². The average Bonchev–Trinajstić information content (AvgIpc) is 2.80. The molecule has 1 saturated heterocycles. The van der Waals surface area contributed by atoms with E-state index < -0.39 is 0 Å². The van der Waals surface area contributed by atoms with E-state index in [9.17, 15) is 4.79 Å². The normalized spacial score (nSPS) is 18.6. The maximum atomic E-state index is 12.2. The molecule has 94 valence electrons. The molecule has 1 aliphatic heterocycles. The molecule has 0 unspecified atom stereocenters. The van der Waals surface area contributed by atoms with Gasteiger partial charge in [0.1, 0.15) is 0 Å². The standard InChI is InChI=1S/C12H15IN2O.ClH/c1-15(11-5-6-14-8-11)12(16)9-3-2-4-10(13)7-9;/h2-4,7,11,14H,5-6,8H2,1H3;1H/t11-;/m1./s1. The Bertz CT molecular complexity index is 394. The summed E-state index contributed by atoms with van der Waals surface area (Å²) in [6.07, 6.45) is 1.05. The minimum atomic E-state index is 0. The van der Waals surface area contributed by atoms with E-state index in [4.69, 9.17) is 0 Å². The lowest BCUT2D eigenvalue weighted by molar-refractivity contribution is 0.0743. The summed E-state index contributed by atoms with van der Waals surface area (Å²) in [4.78, 5) is 14.0. The first-order valence-corrected chi connectivity index (χ1v) is 6.50. The summed E-state index contributed by atoms with van der Waals surface area (Å²) in [7, 11) is 1.89. The Labute approximate surface area is 122 Å². The van der Waals surface area contributed by atoms with Gasteiger partial charge in [-0.15, -0.1) is 12.4 Å². The van der Waals surface area contributed by atoms with Gasteiger partial charge in [-0.05, 0) is 53.8 Å². The summed E-state index contributed by atoms with van der Waals surface area (Å²) in [6.45, 7) is 1.92. The van der Waals surface area contributed by atoms with Gasteiger partial charge in [-0.1, -0.05) is 6.07 Å². The van der Waals surface area contributed by atoms with Crippen LogP contribution >= 0.6 is 35.0 Å². The Hall–Kier alpha value is -0.330. The quantitative estimate of drug-likeness (QED) is 0.814. The molecule has 1 aliphatic rings. The number of nitrogens with zero attached hydrogens (tertiary/aromatic N) is 1. The topological polar surface area (TPSA) is 32.3 Å². The lowest BCUT2D eigenvalue weighted by atomic mass is 10.1. The number of hydrogen-bond donors (Lipinski definition) is 1. The molecule has 17 heavy (non-hydrogen) atoms. The number of nitrogens with one attached hydrogen (secondary N) is 1. The van der Waals surface area contributed by atoms with Crippen LogP contribution in [0.2, 0.25) is 0 Å². The number of hydrogen-bond acceptors (Lipinski definition) is 2. The van der Waals surface area contributed by atoms with Crippen LogP contribution in [0.3, 0.4) is 0 Å². The first-order valence-electron chi connectivity index (χ1n) is 5.42. The molecule has 0 aliphatic carbocycles. The third-order valence-corrected chi connectivity index (χ3v) is 3.64. The predicted molar refractivity (Wildman–Crippen MR) is 79.8 cm³/mol. The Balaban J connectivity index is 0.00000144. The lowest BCUT2D eigenvalue weighted by Crippen LogP contribution is -2.38. The Kier molecular flexibility index (Phi) is 5.69. The number of amides is 1. The minimum absolute atomic E-state index is 0. The van der Waals surface area contributed by atoms with E-state index in [2.05, 4.69) is 27.9 Å². The van der Waals surface area contributed by atoms with Crippen molar-refractivity contribution >= 4 is 40.9 Å². The molecule has 1 fully saturated rings. The van der Waals surface area contributed by atoms with Gasteiger partial charge in [-0.2, -0.15) is 0 Å². The molecule has 0 bridgehead atoms.